The second-order valence-electron chi connectivity index (χ2n) is 6.37. The van der Waals surface area contributed by atoms with Gasteiger partial charge in [0.25, 0.3) is 0 Å². The number of amides is 3. The second-order valence-corrected chi connectivity index (χ2v) is 6.37. The van der Waals surface area contributed by atoms with E-state index in [1.165, 1.54) is 5.56 Å². The summed E-state index contributed by atoms with van der Waals surface area (Å²) in [5.41, 5.74) is 2.21. The first-order valence-electron chi connectivity index (χ1n) is 8.01. The van der Waals surface area contributed by atoms with Crippen molar-refractivity contribution in [2.45, 2.75) is 45.2 Å². The lowest BCUT2D eigenvalue weighted by Crippen LogP contribution is -2.48. The van der Waals surface area contributed by atoms with Gasteiger partial charge >= 0.3 is 6.03 Å². The van der Waals surface area contributed by atoms with Crippen molar-refractivity contribution in [3.8, 4) is 0 Å². The standard InChI is InChI=1S/C17H23N3O2/c1-12(2)20-11-14(10-16(20)21)18-17(22)19-9-5-7-13-6-3-4-8-15(13)19/h3-4,6,8,12,14H,5,7,9-11H2,1-2H3,(H,18,22). The third-order valence-electron chi connectivity index (χ3n) is 4.46. The third kappa shape index (κ3) is 2.80. The zero-order valence-electron chi connectivity index (χ0n) is 13.2. The number of hydrogen-bond donors (Lipinski definition) is 1. The molecule has 1 N–H and O–H groups in total. The molecule has 0 bridgehead atoms. The molecule has 1 atom stereocenters. The van der Waals surface area contributed by atoms with Gasteiger partial charge in [-0.1, -0.05) is 18.2 Å². The summed E-state index contributed by atoms with van der Waals surface area (Å²) >= 11 is 0. The van der Waals surface area contributed by atoms with E-state index in [0.29, 0.717) is 13.0 Å². The number of aryl methyl sites for hydroxylation is 1. The molecule has 1 unspecified atom stereocenters. The van der Waals surface area contributed by atoms with Crippen LogP contribution in [0.3, 0.4) is 0 Å². The summed E-state index contributed by atoms with van der Waals surface area (Å²) < 4.78 is 0. The molecular weight excluding hydrogens is 278 g/mol. The quantitative estimate of drug-likeness (QED) is 0.910. The number of urea groups is 1. The van der Waals surface area contributed by atoms with Crippen LogP contribution >= 0.6 is 0 Å². The maximum Gasteiger partial charge on any atom is 0.322 e. The van der Waals surface area contributed by atoms with E-state index in [4.69, 9.17) is 0 Å². The molecule has 1 aromatic carbocycles. The fraction of sp³-hybridized carbons (Fsp3) is 0.529. The van der Waals surface area contributed by atoms with E-state index in [-0.39, 0.29) is 24.0 Å². The number of hydrogen-bond acceptors (Lipinski definition) is 2. The SMILES string of the molecule is CC(C)N1CC(NC(=O)N2CCCc3ccccc32)CC1=O. The van der Waals surface area contributed by atoms with E-state index < -0.39 is 0 Å². The third-order valence-corrected chi connectivity index (χ3v) is 4.46. The minimum Gasteiger partial charge on any atom is -0.338 e. The van der Waals surface area contributed by atoms with E-state index in [1.807, 2.05) is 36.9 Å². The molecule has 5 nitrogen and oxygen atoms in total. The Hall–Kier alpha value is -2.04. The Morgan fingerprint density at radius 1 is 1.32 bits per heavy atom. The molecule has 1 fully saturated rings. The largest absolute Gasteiger partial charge is 0.338 e. The van der Waals surface area contributed by atoms with Crippen LogP contribution in [0.15, 0.2) is 24.3 Å². The van der Waals surface area contributed by atoms with Gasteiger partial charge in [-0.05, 0) is 38.3 Å². The monoisotopic (exact) mass is 301 g/mol. The van der Waals surface area contributed by atoms with E-state index in [2.05, 4.69) is 11.4 Å². The first-order valence-corrected chi connectivity index (χ1v) is 8.01. The fourth-order valence-electron chi connectivity index (χ4n) is 3.32. The minimum atomic E-state index is -0.0874. The zero-order chi connectivity index (χ0) is 15.7. The van der Waals surface area contributed by atoms with Crippen molar-refractivity contribution in [2.24, 2.45) is 0 Å². The number of anilines is 1. The molecule has 0 saturated carbocycles. The zero-order valence-corrected chi connectivity index (χ0v) is 13.2. The number of nitrogens with zero attached hydrogens (tertiary/aromatic N) is 2. The van der Waals surface area contributed by atoms with Gasteiger partial charge < -0.3 is 10.2 Å². The van der Waals surface area contributed by atoms with Gasteiger partial charge in [0.2, 0.25) is 5.91 Å². The van der Waals surface area contributed by atoms with Gasteiger partial charge in [-0.2, -0.15) is 0 Å². The van der Waals surface area contributed by atoms with Gasteiger partial charge in [0.1, 0.15) is 0 Å². The summed E-state index contributed by atoms with van der Waals surface area (Å²) in [7, 11) is 0. The van der Waals surface area contributed by atoms with Crippen molar-refractivity contribution in [3.05, 3.63) is 29.8 Å². The summed E-state index contributed by atoms with van der Waals surface area (Å²) in [4.78, 5) is 28.2. The van der Waals surface area contributed by atoms with Crippen molar-refractivity contribution in [1.82, 2.24) is 10.2 Å². The summed E-state index contributed by atoms with van der Waals surface area (Å²) in [5, 5.41) is 3.03. The predicted octanol–water partition coefficient (Wildman–Crippen LogP) is 2.16. The van der Waals surface area contributed by atoms with E-state index in [0.717, 1.165) is 25.1 Å². The van der Waals surface area contributed by atoms with E-state index >= 15 is 0 Å². The fourth-order valence-corrected chi connectivity index (χ4v) is 3.32. The maximum atomic E-state index is 12.6. The van der Waals surface area contributed by atoms with Gasteiger partial charge in [0, 0.05) is 31.2 Å². The molecule has 2 aliphatic rings. The van der Waals surface area contributed by atoms with Crippen LogP contribution in [0.2, 0.25) is 0 Å². The van der Waals surface area contributed by atoms with Crippen molar-refractivity contribution in [3.63, 3.8) is 0 Å². The Labute approximate surface area is 131 Å². The van der Waals surface area contributed by atoms with Gasteiger partial charge in [-0.25, -0.2) is 4.79 Å². The number of carbonyl (C=O) groups excluding carboxylic acids is 2. The predicted molar refractivity (Wildman–Crippen MR) is 85.9 cm³/mol. The van der Waals surface area contributed by atoms with Crippen molar-refractivity contribution in [2.75, 3.05) is 18.0 Å². The number of fused-ring (bicyclic) bond motifs is 1. The normalized spacial score (nSPS) is 21.2. The highest BCUT2D eigenvalue weighted by atomic mass is 16.2. The van der Waals surface area contributed by atoms with E-state index in [1.54, 1.807) is 4.90 Å². The topological polar surface area (TPSA) is 52.7 Å². The average Bonchev–Trinajstić information content (AvgIpc) is 2.87. The van der Waals surface area contributed by atoms with E-state index in [9.17, 15) is 9.59 Å². The Morgan fingerprint density at radius 2 is 2.09 bits per heavy atom. The molecule has 0 aromatic heterocycles. The van der Waals surface area contributed by atoms with Gasteiger partial charge in [0.15, 0.2) is 0 Å². The number of para-hydroxylation sites is 1. The van der Waals surface area contributed by atoms with Crippen LogP contribution in [-0.4, -0.2) is 42.0 Å². The number of rotatable bonds is 2. The molecular formula is C17H23N3O2. The van der Waals surface area contributed by atoms with Gasteiger partial charge in [0.05, 0.1) is 6.04 Å². The first-order chi connectivity index (χ1) is 10.6. The van der Waals surface area contributed by atoms with Crippen LogP contribution in [0.1, 0.15) is 32.3 Å². The van der Waals surface area contributed by atoms with Crippen LogP contribution in [0.4, 0.5) is 10.5 Å². The highest BCUT2D eigenvalue weighted by Gasteiger charge is 2.33. The smallest absolute Gasteiger partial charge is 0.322 e. The Bertz CT molecular complexity index is 585. The Morgan fingerprint density at radius 3 is 2.82 bits per heavy atom. The molecule has 2 heterocycles. The molecule has 0 spiro atoms. The summed E-state index contributed by atoms with van der Waals surface area (Å²) in [6.45, 7) is 5.35. The van der Waals surface area contributed by atoms with Crippen LogP contribution < -0.4 is 10.2 Å². The lowest BCUT2D eigenvalue weighted by Gasteiger charge is -2.30. The molecule has 5 heteroatoms. The highest BCUT2D eigenvalue weighted by Crippen LogP contribution is 2.27. The number of likely N-dealkylation sites (tertiary alicyclic amines) is 1. The van der Waals surface area contributed by atoms with Crippen LogP contribution in [0, 0.1) is 0 Å². The molecule has 1 saturated heterocycles. The molecule has 3 amide bonds. The van der Waals surface area contributed by atoms with Crippen molar-refractivity contribution in [1.29, 1.82) is 0 Å². The van der Waals surface area contributed by atoms with Gasteiger partial charge in [-0.3, -0.25) is 9.69 Å². The Balaban J connectivity index is 1.68. The van der Waals surface area contributed by atoms with Crippen LogP contribution in [-0.2, 0) is 11.2 Å². The Kier molecular flexibility index (Phi) is 4.05. The molecule has 2 aliphatic heterocycles. The molecule has 22 heavy (non-hydrogen) atoms. The number of benzene rings is 1. The lowest BCUT2D eigenvalue weighted by atomic mass is 10.0. The molecule has 3 rings (SSSR count). The number of nitrogens with one attached hydrogen (secondary N) is 1. The second kappa shape index (κ2) is 5.99. The average molecular weight is 301 g/mol. The maximum absolute atomic E-state index is 12.6. The summed E-state index contributed by atoms with van der Waals surface area (Å²) in [6, 6.07) is 8.06. The molecule has 0 aliphatic carbocycles. The summed E-state index contributed by atoms with van der Waals surface area (Å²) in [6.07, 6.45) is 2.40. The highest BCUT2D eigenvalue weighted by molar-refractivity contribution is 5.94. The van der Waals surface area contributed by atoms with Crippen molar-refractivity contribution < 1.29 is 9.59 Å². The molecule has 1 aromatic rings. The first kappa shape index (κ1) is 14.9. The van der Waals surface area contributed by atoms with Gasteiger partial charge in [-0.15, -0.1) is 0 Å². The molecule has 0 radical (unpaired) electrons. The minimum absolute atomic E-state index is 0.0866. The lowest BCUT2D eigenvalue weighted by molar-refractivity contribution is -0.129. The van der Waals surface area contributed by atoms with Crippen LogP contribution in [0.25, 0.3) is 0 Å². The van der Waals surface area contributed by atoms with Crippen molar-refractivity contribution >= 4 is 17.6 Å². The van der Waals surface area contributed by atoms with Crippen LogP contribution in [0.5, 0.6) is 0 Å². The number of carbonyl (C=O) groups is 2. The molecule has 118 valence electrons. The summed E-state index contributed by atoms with van der Waals surface area (Å²) in [5.74, 6) is 0.124.